The first-order valence-electron chi connectivity index (χ1n) is 3.00. The van der Waals surface area contributed by atoms with Crippen molar-refractivity contribution in [2.75, 3.05) is 5.73 Å². The number of nitrogen functional groups attached to an aromatic ring is 1. The van der Waals surface area contributed by atoms with Crippen LogP contribution in [0.5, 0.6) is 0 Å². The van der Waals surface area contributed by atoms with E-state index >= 15 is 0 Å². The van der Waals surface area contributed by atoms with Gasteiger partial charge in [0.15, 0.2) is 17.5 Å². The Balaban J connectivity index is 3.43. The number of pyridine rings is 1. The van der Waals surface area contributed by atoms with Crippen molar-refractivity contribution in [3.05, 3.63) is 23.4 Å². The number of alkyl halides is 3. The molecule has 0 radical (unpaired) electrons. The molecule has 0 aliphatic heterocycles. The second kappa shape index (κ2) is 2.82. The molecule has 1 rings (SSSR count). The van der Waals surface area contributed by atoms with Crippen molar-refractivity contribution in [3.8, 4) is 0 Å². The molecular formula is C6H3F5N2. The lowest BCUT2D eigenvalue weighted by molar-refractivity contribution is -0.142. The molecule has 0 saturated carbocycles. The molecule has 0 aliphatic carbocycles. The van der Waals surface area contributed by atoms with E-state index in [4.69, 9.17) is 5.73 Å². The highest BCUT2D eigenvalue weighted by Gasteiger charge is 2.38. The first-order valence-corrected chi connectivity index (χ1v) is 3.00. The van der Waals surface area contributed by atoms with Gasteiger partial charge in [0.25, 0.3) is 0 Å². The zero-order valence-corrected chi connectivity index (χ0v) is 5.99. The van der Waals surface area contributed by atoms with Crippen molar-refractivity contribution in [3.63, 3.8) is 0 Å². The minimum absolute atomic E-state index is 0.223. The third-order valence-electron chi connectivity index (χ3n) is 1.28. The minimum atomic E-state index is -5.11. The number of anilines is 1. The summed E-state index contributed by atoms with van der Waals surface area (Å²) in [5.41, 5.74) is 2.72. The lowest BCUT2D eigenvalue weighted by Gasteiger charge is -2.09. The molecule has 0 aromatic carbocycles. The van der Waals surface area contributed by atoms with Crippen molar-refractivity contribution in [1.82, 2.24) is 4.98 Å². The normalized spacial score (nSPS) is 11.8. The predicted octanol–water partition coefficient (Wildman–Crippen LogP) is 1.96. The molecule has 13 heavy (non-hydrogen) atoms. The van der Waals surface area contributed by atoms with Crippen LogP contribution in [0.2, 0.25) is 0 Å². The molecule has 2 N–H and O–H groups in total. The lowest BCUT2D eigenvalue weighted by Crippen LogP contribution is -2.14. The van der Waals surface area contributed by atoms with Crippen LogP contribution in [0.3, 0.4) is 0 Å². The smallest absolute Gasteiger partial charge is 0.381 e. The zero-order valence-electron chi connectivity index (χ0n) is 5.99. The number of nitrogens with two attached hydrogens (primary N) is 1. The number of hydrogen-bond donors (Lipinski definition) is 1. The van der Waals surface area contributed by atoms with E-state index in [1.54, 1.807) is 0 Å². The van der Waals surface area contributed by atoms with Crippen LogP contribution >= 0.6 is 0 Å². The second-order valence-corrected chi connectivity index (χ2v) is 2.18. The first-order chi connectivity index (χ1) is 5.84. The second-order valence-electron chi connectivity index (χ2n) is 2.18. The van der Waals surface area contributed by atoms with E-state index in [-0.39, 0.29) is 6.20 Å². The Morgan fingerprint density at radius 3 is 2.15 bits per heavy atom. The molecule has 0 saturated heterocycles. The summed E-state index contributed by atoms with van der Waals surface area (Å²) in [7, 11) is 0. The van der Waals surface area contributed by atoms with Gasteiger partial charge in [0, 0.05) is 0 Å². The molecule has 1 aromatic heterocycles. The highest BCUT2D eigenvalue weighted by atomic mass is 19.4. The van der Waals surface area contributed by atoms with Gasteiger partial charge in [-0.05, 0) is 0 Å². The van der Waals surface area contributed by atoms with Gasteiger partial charge < -0.3 is 5.73 Å². The Kier molecular flexibility index (Phi) is 2.10. The highest BCUT2D eigenvalue weighted by molar-refractivity contribution is 5.36. The van der Waals surface area contributed by atoms with Crippen LogP contribution in [0.1, 0.15) is 5.56 Å². The summed E-state index contributed by atoms with van der Waals surface area (Å²) in [6, 6.07) is 0. The Bertz CT molecular complexity index is 333. The van der Waals surface area contributed by atoms with Crippen LogP contribution in [0.4, 0.5) is 27.8 Å². The van der Waals surface area contributed by atoms with Crippen molar-refractivity contribution in [1.29, 1.82) is 0 Å². The number of halogens is 5. The summed E-state index contributed by atoms with van der Waals surface area (Å²) in [5.74, 6) is -4.64. The van der Waals surface area contributed by atoms with Crippen LogP contribution in [0.15, 0.2) is 6.20 Å². The fourth-order valence-electron chi connectivity index (χ4n) is 0.740. The molecular weight excluding hydrogens is 195 g/mol. The molecule has 72 valence electrons. The minimum Gasteiger partial charge on any atom is -0.381 e. The summed E-state index contributed by atoms with van der Waals surface area (Å²) in [6.07, 6.45) is -4.88. The van der Waals surface area contributed by atoms with E-state index in [1.165, 1.54) is 0 Å². The molecule has 0 atom stereocenters. The van der Waals surface area contributed by atoms with Crippen molar-refractivity contribution in [2.24, 2.45) is 0 Å². The van der Waals surface area contributed by atoms with Gasteiger partial charge in [0.2, 0.25) is 0 Å². The molecule has 1 heterocycles. The van der Waals surface area contributed by atoms with E-state index in [9.17, 15) is 22.0 Å². The van der Waals surface area contributed by atoms with E-state index < -0.39 is 29.2 Å². The quantitative estimate of drug-likeness (QED) is 0.647. The Hall–Kier alpha value is -1.40. The zero-order chi connectivity index (χ0) is 10.2. The molecule has 0 aliphatic rings. The van der Waals surface area contributed by atoms with Gasteiger partial charge in [-0.1, -0.05) is 0 Å². The van der Waals surface area contributed by atoms with Gasteiger partial charge in [-0.2, -0.15) is 13.2 Å². The molecule has 0 fully saturated rings. The van der Waals surface area contributed by atoms with Crippen LogP contribution in [-0.4, -0.2) is 4.98 Å². The predicted molar refractivity (Wildman–Crippen MR) is 33.6 cm³/mol. The summed E-state index contributed by atoms with van der Waals surface area (Å²) in [6.45, 7) is 0. The third-order valence-corrected chi connectivity index (χ3v) is 1.28. The summed E-state index contributed by atoms with van der Waals surface area (Å²) >= 11 is 0. The van der Waals surface area contributed by atoms with Gasteiger partial charge in [0.05, 0.1) is 6.20 Å². The number of hydrogen-bond acceptors (Lipinski definition) is 2. The van der Waals surface area contributed by atoms with Crippen LogP contribution < -0.4 is 5.73 Å². The van der Waals surface area contributed by atoms with E-state index in [1.807, 2.05) is 0 Å². The average Bonchev–Trinajstić information content (AvgIpc) is 1.95. The van der Waals surface area contributed by atoms with Gasteiger partial charge >= 0.3 is 6.18 Å². The highest BCUT2D eigenvalue weighted by Crippen LogP contribution is 2.34. The third kappa shape index (κ3) is 1.68. The molecule has 0 bridgehead atoms. The summed E-state index contributed by atoms with van der Waals surface area (Å²) < 4.78 is 60.8. The van der Waals surface area contributed by atoms with Crippen molar-refractivity contribution < 1.29 is 22.0 Å². The maximum absolute atomic E-state index is 12.6. The molecule has 0 amide bonds. The first kappa shape index (κ1) is 9.69. The van der Waals surface area contributed by atoms with E-state index in [0.29, 0.717) is 0 Å². The Morgan fingerprint density at radius 2 is 1.77 bits per heavy atom. The van der Waals surface area contributed by atoms with E-state index in [0.717, 1.165) is 0 Å². The number of rotatable bonds is 0. The molecule has 0 spiro atoms. The van der Waals surface area contributed by atoms with Crippen LogP contribution in [-0.2, 0) is 6.18 Å². The summed E-state index contributed by atoms with van der Waals surface area (Å²) in [5, 5.41) is 0. The SMILES string of the molecule is Nc1ncc(F)c(C(F)(F)F)c1F. The van der Waals surface area contributed by atoms with Gasteiger partial charge in [-0.25, -0.2) is 13.8 Å². The summed E-state index contributed by atoms with van der Waals surface area (Å²) in [4.78, 5) is 2.88. The van der Waals surface area contributed by atoms with Crippen LogP contribution in [0.25, 0.3) is 0 Å². The van der Waals surface area contributed by atoms with Crippen molar-refractivity contribution >= 4 is 5.82 Å². The van der Waals surface area contributed by atoms with E-state index in [2.05, 4.69) is 4.98 Å². The Morgan fingerprint density at radius 1 is 1.23 bits per heavy atom. The fourth-order valence-corrected chi connectivity index (χ4v) is 0.740. The maximum atomic E-state index is 12.6. The largest absolute Gasteiger partial charge is 0.422 e. The number of aromatic nitrogens is 1. The maximum Gasteiger partial charge on any atom is 0.422 e. The lowest BCUT2D eigenvalue weighted by atomic mass is 10.2. The average molecular weight is 198 g/mol. The van der Waals surface area contributed by atoms with Gasteiger partial charge in [0.1, 0.15) is 5.56 Å². The molecule has 2 nitrogen and oxygen atoms in total. The number of nitrogens with zero attached hydrogens (tertiary/aromatic N) is 1. The molecule has 0 unspecified atom stereocenters. The topological polar surface area (TPSA) is 38.9 Å². The fraction of sp³-hybridized carbons (Fsp3) is 0.167. The van der Waals surface area contributed by atoms with Gasteiger partial charge in [-0.15, -0.1) is 0 Å². The Labute approximate surface area is 69.2 Å². The van der Waals surface area contributed by atoms with Crippen molar-refractivity contribution in [2.45, 2.75) is 6.18 Å². The molecule has 7 heteroatoms. The molecule has 1 aromatic rings. The monoisotopic (exact) mass is 198 g/mol. The van der Waals surface area contributed by atoms with Crippen LogP contribution in [0, 0.1) is 11.6 Å². The standard InChI is InChI=1S/C6H3F5N2/c7-2-1-13-5(12)4(8)3(2)6(9,10)11/h1H,(H2,12,13). The van der Waals surface area contributed by atoms with Gasteiger partial charge in [-0.3, -0.25) is 0 Å².